The second kappa shape index (κ2) is 2.30. The van der Waals surface area contributed by atoms with Crippen molar-refractivity contribution in [2.75, 3.05) is 0 Å². The summed E-state index contributed by atoms with van der Waals surface area (Å²) in [6, 6.07) is 4.30. The molecule has 1 aliphatic heterocycles. The predicted molar refractivity (Wildman–Crippen MR) is 42.3 cm³/mol. The van der Waals surface area contributed by atoms with Crippen LogP contribution in [0.2, 0.25) is 0 Å². The van der Waals surface area contributed by atoms with Gasteiger partial charge in [-0.15, -0.1) is 0 Å². The third-order valence-electron chi connectivity index (χ3n) is 2.07. The van der Waals surface area contributed by atoms with Crippen LogP contribution in [0, 0.1) is 5.82 Å². The maximum Gasteiger partial charge on any atom is 0.252 e. The van der Waals surface area contributed by atoms with Gasteiger partial charge in [0.1, 0.15) is 5.82 Å². The van der Waals surface area contributed by atoms with E-state index in [1.54, 1.807) is 6.07 Å². The average Bonchev–Trinajstić information content (AvgIpc) is 2.28. The molecule has 1 atom stereocenters. The first kappa shape index (κ1) is 7.28. The molecule has 12 heavy (non-hydrogen) atoms. The lowest BCUT2D eigenvalue weighted by Crippen LogP contribution is -2.16. The van der Waals surface area contributed by atoms with E-state index < -0.39 is 0 Å². The summed E-state index contributed by atoms with van der Waals surface area (Å²) >= 11 is 0. The number of fused-ring (bicyclic) bond motifs is 1. The normalized spacial score (nSPS) is 20.5. The molecule has 1 aromatic rings. The summed E-state index contributed by atoms with van der Waals surface area (Å²) < 4.78 is 12.7. The molecule has 0 radical (unpaired) electrons. The number of amides is 1. The minimum atomic E-state index is -0.363. The largest absolute Gasteiger partial charge is 0.345 e. The Balaban J connectivity index is 2.60. The van der Waals surface area contributed by atoms with Gasteiger partial charge < -0.3 is 5.32 Å². The summed E-state index contributed by atoms with van der Waals surface area (Å²) in [5, 5.41) is 2.70. The third-order valence-corrected chi connectivity index (χ3v) is 2.07. The molecular formula is C9H8FNO. The van der Waals surface area contributed by atoms with Crippen LogP contribution < -0.4 is 5.32 Å². The zero-order valence-corrected chi connectivity index (χ0v) is 6.60. The van der Waals surface area contributed by atoms with Gasteiger partial charge in [-0.25, -0.2) is 4.39 Å². The molecule has 62 valence electrons. The van der Waals surface area contributed by atoms with Crippen LogP contribution in [-0.2, 0) is 0 Å². The molecule has 0 saturated heterocycles. The summed E-state index contributed by atoms with van der Waals surface area (Å²) in [5.41, 5.74) is 1.34. The molecule has 0 unspecified atom stereocenters. The van der Waals surface area contributed by atoms with E-state index in [9.17, 15) is 9.18 Å². The second-order valence-corrected chi connectivity index (χ2v) is 2.93. The number of carbonyl (C=O) groups excluding carboxylic acids is 1. The van der Waals surface area contributed by atoms with E-state index >= 15 is 0 Å². The summed E-state index contributed by atoms with van der Waals surface area (Å²) in [5.74, 6) is -0.546. The van der Waals surface area contributed by atoms with E-state index in [1.165, 1.54) is 12.1 Å². The Bertz CT molecular complexity index is 348. The second-order valence-electron chi connectivity index (χ2n) is 2.93. The fraction of sp³-hybridized carbons (Fsp3) is 0.222. The van der Waals surface area contributed by atoms with E-state index in [0.717, 1.165) is 5.56 Å². The molecule has 0 fully saturated rings. The van der Waals surface area contributed by atoms with Crippen molar-refractivity contribution in [2.24, 2.45) is 0 Å². The number of hydrogen-bond donors (Lipinski definition) is 1. The van der Waals surface area contributed by atoms with Crippen molar-refractivity contribution in [1.29, 1.82) is 0 Å². The molecule has 2 rings (SSSR count). The molecule has 1 aliphatic rings. The van der Waals surface area contributed by atoms with Crippen LogP contribution in [0.25, 0.3) is 0 Å². The van der Waals surface area contributed by atoms with E-state index in [4.69, 9.17) is 0 Å². The van der Waals surface area contributed by atoms with E-state index in [0.29, 0.717) is 5.56 Å². The van der Waals surface area contributed by atoms with Crippen molar-refractivity contribution in [3.8, 4) is 0 Å². The number of halogens is 1. The number of nitrogens with one attached hydrogen (secondary N) is 1. The van der Waals surface area contributed by atoms with Gasteiger partial charge in [0.25, 0.3) is 5.91 Å². The van der Waals surface area contributed by atoms with Crippen molar-refractivity contribution < 1.29 is 9.18 Å². The number of rotatable bonds is 0. The first-order chi connectivity index (χ1) is 5.68. The standard InChI is InChI=1S/C9H8FNO/c1-5-7-3-2-6(10)4-8(7)9(12)11-5/h2-5H,1H3,(H,11,12)/t5-/m0/s1. The van der Waals surface area contributed by atoms with Crippen molar-refractivity contribution in [3.63, 3.8) is 0 Å². The Hall–Kier alpha value is -1.38. The van der Waals surface area contributed by atoms with Gasteiger partial charge in [0.15, 0.2) is 0 Å². The minimum absolute atomic E-state index is 0.00750. The molecule has 1 N–H and O–H groups in total. The predicted octanol–water partition coefficient (Wildman–Crippen LogP) is 1.63. The van der Waals surface area contributed by atoms with Crippen LogP contribution in [0.3, 0.4) is 0 Å². The first-order valence-corrected chi connectivity index (χ1v) is 3.79. The van der Waals surface area contributed by atoms with Crippen molar-refractivity contribution in [3.05, 3.63) is 35.1 Å². The van der Waals surface area contributed by atoms with Gasteiger partial charge >= 0.3 is 0 Å². The molecule has 1 amide bonds. The van der Waals surface area contributed by atoms with Crippen molar-refractivity contribution in [1.82, 2.24) is 5.32 Å². The smallest absolute Gasteiger partial charge is 0.252 e. The molecule has 0 spiro atoms. The Morgan fingerprint density at radius 1 is 1.50 bits per heavy atom. The lowest BCUT2D eigenvalue weighted by Gasteiger charge is -2.01. The third kappa shape index (κ3) is 0.897. The monoisotopic (exact) mass is 165 g/mol. The van der Waals surface area contributed by atoms with Gasteiger partial charge in [-0.3, -0.25) is 4.79 Å². The summed E-state index contributed by atoms with van der Waals surface area (Å²) in [4.78, 5) is 11.2. The summed E-state index contributed by atoms with van der Waals surface area (Å²) in [7, 11) is 0. The highest BCUT2D eigenvalue weighted by Crippen LogP contribution is 2.24. The van der Waals surface area contributed by atoms with Gasteiger partial charge in [-0.05, 0) is 24.6 Å². The number of hydrogen-bond acceptors (Lipinski definition) is 1. The Morgan fingerprint density at radius 3 is 3.00 bits per heavy atom. The van der Waals surface area contributed by atoms with Crippen LogP contribution in [0.1, 0.15) is 28.9 Å². The molecule has 1 heterocycles. The van der Waals surface area contributed by atoms with Crippen LogP contribution in [-0.4, -0.2) is 5.91 Å². The maximum atomic E-state index is 12.7. The van der Waals surface area contributed by atoms with Crippen LogP contribution >= 0.6 is 0 Å². The molecular weight excluding hydrogens is 157 g/mol. The molecule has 0 aliphatic carbocycles. The molecule has 0 saturated carbocycles. The van der Waals surface area contributed by atoms with Crippen molar-refractivity contribution >= 4 is 5.91 Å². The number of carbonyl (C=O) groups is 1. The molecule has 1 aromatic carbocycles. The summed E-state index contributed by atoms with van der Waals surface area (Å²) in [6.45, 7) is 1.88. The lowest BCUT2D eigenvalue weighted by molar-refractivity contribution is 0.0958. The SMILES string of the molecule is C[C@@H]1NC(=O)c2cc(F)ccc21. The van der Waals surface area contributed by atoms with Gasteiger partial charge in [-0.2, -0.15) is 0 Å². The van der Waals surface area contributed by atoms with E-state index in [2.05, 4.69) is 5.32 Å². The Kier molecular flexibility index (Phi) is 1.40. The van der Waals surface area contributed by atoms with E-state index in [1.807, 2.05) is 6.92 Å². The van der Waals surface area contributed by atoms with Crippen LogP contribution in [0.5, 0.6) is 0 Å². The zero-order chi connectivity index (χ0) is 8.72. The van der Waals surface area contributed by atoms with Gasteiger partial charge in [-0.1, -0.05) is 6.07 Å². The zero-order valence-electron chi connectivity index (χ0n) is 6.60. The quantitative estimate of drug-likeness (QED) is 0.622. The lowest BCUT2D eigenvalue weighted by atomic mass is 10.1. The van der Waals surface area contributed by atoms with E-state index in [-0.39, 0.29) is 17.8 Å². The van der Waals surface area contributed by atoms with Crippen LogP contribution in [0.15, 0.2) is 18.2 Å². The highest BCUT2D eigenvalue weighted by molar-refractivity contribution is 5.99. The molecule has 0 bridgehead atoms. The Morgan fingerprint density at radius 2 is 2.25 bits per heavy atom. The fourth-order valence-electron chi connectivity index (χ4n) is 1.45. The van der Waals surface area contributed by atoms with Gasteiger partial charge in [0.05, 0.1) is 6.04 Å². The maximum absolute atomic E-state index is 12.7. The fourth-order valence-corrected chi connectivity index (χ4v) is 1.45. The molecule has 2 nitrogen and oxygen atoms in total. The Labute approximate surface area is 69.4 Å². The molecule has 3 heteroatoms. The molecule has 0 aromatic heterocycles. The minimum Gasteiger partial charge on any atom is -0.345 e. The highest BCUT2D eigenvalue weighted by atomic mass is 19.1. The van der Waals surface area contributed by atoms with Gasteiger partial charge in [0, 0.05) is 5.56 Å². The highest BCUT2D eigenvalue weighted by Gasteiger charge is 2.24. The summed E-state index contributed by atoms with van der Waals surface area (Å²) in [6.07, 6.45) is 0. The van der Waals surface area contributed by atoms with Crippen LogP contribution in [0.4, 0.5) is 4.39 Å². The number of benzene rings is 1. The topological polar surface area (TPSA) is 29.1 Å². The first-order valence-electron chi connectivity index (χ1n) is 3.79. The average molecular weight is 165 g/mol. The van der Waals surface area contributed by atoms with Crippen molar-refractivity contribution in [2.45, 2.75) is 13.0 Å². The van der Waals surface area contributed by atoms with Gasteiger partial charge in [0.2, 0.25) is 0 Å².